The second kappa shape index (κ2) is 6.19. The summed E-state index contributed by atoms with van der Waals surface area (Å²) < 4.78 is 0. The van der Waals surface area contributed by atoms with Crippen LogP contribution in [0.4, 0.5) is 0 Å². The molecule has 0 bridgehead atoms. The average molecular weight is 373 g/mol. The monoisotopic (exact) mass is 373 g/mol. The van der Waals surface area contributed by atoms with Gasteiger partial charge < -0.3 is 4.90 Å². The lowest BCUT2D eigenvalue weighted by atomic mass is 10.0. The van der Waals surface area contributed by atoms with Crippen LogP contribution in [-0.2, 0) is 16.1 Å². The topological polar surface area (TPSA) is 105 Å². The van der Waals surface area contributed by atoms with Gasteiger partial charge in [-0.05, 0) is 30.2 Å². The van der Waals surface area contributed by atoms with E-state index in [-0.39, 0.29) is 18.2 Å². The first-order chi connectivity index (χ1) is 13.6. The minimum Gasteiger partial charge on any atom is -0.322 e. The molecule has 28 heavy (non-hydrogen) atoms. The van der Waals surface area contributed by atoms with Gasteiger partial charge in [0.1, 0.15) is 11.6 Å². The highest BCUT2D eigenvalue weighted by Gasteiger charge is 2.39. The standard InChI is InChI=1S/C20H15N5O3/c26-16-4-3-15(19(27)24-16)25-10-12-9-11(1-2-13(12)20(25)28)17-18-14(5-6-22-17)21-7-8-23-18/h1-2,5-9,15H,3-4,10H2,(H,24,26,27). The molecule has 1 unspecified atom stereocenters. The number of carbonyl (C=O) groups excluding carboxylic acids is 3. The van der Waals surface area contributed by atoms with Crippen molar-refractivity contribution in [2.75, 3.05) is 0 Å². The Labute approximate surface area is 159 Å². The van der Waals surface area contributed by atoms with Gasteiger partial charge in [-0.25, -0.2) is 0 Å². The average Bonchev–Trinajstić information content (AvgIpc) is 3.03. The highest BCUT2D eigenvalue weighted by molar-refractivity contribution is 6.05. The maximum atomic E-state index is 12.8. The molecule has 1 atom stereocenters. The number of hydrogen-bond donors (Lipinski definition) is 1. The quantitative estimate of drug-likeness (QED) is 0.682. The van der Waals surface area contributed by atoms with Gasteiger partial charge >= 0.3 is 0 Å². The van der Waals surface area contributed by atoms with Crippen molar-refractivity contribution in [2.24, 2.45) is 0 Å². The molecule has 8 heteroatoms. The van der Waals surface area contributed by atoms with Gasteiger partial charge in [0, 0.05) is 42.7 Å². The molecule has 1 aromatic carbocycles. The Morgan fingerprint density at radius 2 is 1.86 bits per heavy atom. The van der Waals surface area contributed by atoms with Gasteiger partial charge in [0.2, 0.25) is 11.8 Å². The highest BCUT2D eigenvalue weighted by atomic mass is 16.2. The number of imide groups is 1. The van der Waals surface area contributed by atoms with Crippen LogP contribution in [0, 0.1) is 0 Å². The Hall–Kier alpha value is -3.68. The molecule has 0 spiro atoms. The maximum Gasteiger partial charge on any atom is 0.255 e. The summed E-state index contributed by atoms with van der Waals surface area (Å²) in [6, 6.07) is 6.68. The van der Waals surface area contributed by atoms with Crippen LogP contribution < -0.4 is 5.32 Å². The first-order valence-electron chi connectivity index (χ1n) is 8.95. The zero-order valence-corrected chi connectivity index (χ0v) is 14.8. The zero-order valence-electron chi connectivity index (χ0n) is 14.8. The number of nitrogens with one attached hydrogen (secondary N) is 1. The molecule has 0 radical (unpaired) electrons. The fraction of sp³-hybridized carbons (Fsp3) is 0.200. The molecule has 4 heterocycles. The van der Waals surface area contributed by atoms with Gasteiger partial charge in [-0.15, -0.1) is 0 Å². The molecular weight excluding hydrogens is 358 g/mol. The van der Waals surface area contributed by atoms with E-state index in [9.17, 15) is 14.4 Å². The minimum absolute atomic E-state index is 0.193. The SMILES string of the molecule is O=C1CCC(N2Cc3cc(-c4nccc5nccnc45)ccc3C2=O)C(=O)N1. The van der Waals surface area contributed by atoms with Crippen LogP contribution in [0.1, 0.15) is 28.8 Å². The molecule has 2 aliphatic heterocycles. The van der Waals surface area contributed by atoms with Gasteiger partial charge in [0.15, 0.2) is 0 Å². The summed E-state index contributed by atoms with van der Waals surface area (Å²) in [7, 11) is 0. The van der Waals surface area contributed by atoms with Crippen molar-refractivity contribution in [3.8, 4) is 11.3 Å². The summed E-state index contributed by atoms with van der Waals surface area (Å²) in [6.45, 7) is 0.324. The van der Waals surface area contributed by atoms with Crippen molar-refractivity contribution in [1.29, 1.82) is 0 Å². The van der Waals surface area contributed by atoms with Gasteiger partial charge in [-0.2, -0.15) is 0 Å². The van der Waals surface area contributed by atoms with E-state index in [4.69, 9.17) is 0 Å². The maximum absolute atomic E-state index is 12.8. The Morgan fingerprint density at radius 3 is 2.71 bits per heavy atom. The molecule has 3 aromatic rings. The number of amides is 3. The second-order valence-electron chi connectivity index (χ2n) is 6.86. The molecule has 1 N–H and O–H groups in total. The Morgan fingerprint density at radius 1 is 1.00 bits per heavy atom. The van der Waals surface area contributed by atoms with Gasteiger partial charge in [-0.3, -0.25) is 34.7 Å². The lowest BCUT2D eigenvalue weighted by molar-refractivity contribution is -0.136. The van der Waals surface area contributed by atoms with Crippen molar-refractivity contribution < 1.29 is 14.4 Å². The molecule has 8 nitrogen and oxygen atoms in total. The molecule has 5 rings (SSSR count). The number of carbonyl (C=O) groups is 3. The largest absolute Gasteiger partial charge is 0.322 e. The van der Waals surface area contributed by atoms with Crippen LogP contribution in [0.5, 0.6) is 0 Å². The molecule has 1 fully saturated rings. The lowest BCUT2D eigenvalue weighted by Gasteiger charge is -2.29. The molecule has 2 aliphatic rings. The third-order valence-corrected chi connectivity index (χ3v) is 5.18. The number of rotatable bonds is 2. The van der Waals surface area contributed by atoms with E-state index in [2.05, 4.69) is 20.3 Å². The third kappa shape index (κ3) is 2.53. The van der Waals surface area contributed by atoms with Crippen molar-refractivity contribution in [1.82, 2.24) is 25.2 Å². The van der Waals surface area contributed by atoms with E-state index < -0.39 is 11.9 Å². The fourth-order valence-corrected chi connectivity index (χ4v) is 3.83. The van der Waals surface area contributed by atoms with Crippen molar-refractivity contribution in [3.05, 3.63) is 54.0 Å². The van der Waals surface area contributed by atoms with E-state index in [1.165, 1.54) is 4.90 Å². The first-order valence-corrected chi connectivity index (χ1v) is 8.95. The smallest absolute Gasteiger partial charge is 0.255 e. The first kappa shape index (κ1) is 16.5. The molecule has 0 aliphatic carbocycles. The van der Waals surface area contributed by atoms with Crippen LogP contribution in [0.3, 0.4) is 0 Å². The van der Waals surface area contributed by atoms with Crippen LogP contribution in [0.25, 0.3) is 22.3 Å². The van der Waals surface area contributed by atoms with Gasteiger partial charge in [0.25, 0.3) is 5.91 Å². The predicted octanol–water partition coefficient (Wildman–Crippen LogP) is 1.45. The van der Waals surface area contributed by atoms with Crippen LogP contribution in [0.2, 0.25) is 0 Å². The van der Waals surface area contributed by atoms with Crippen LogP contribution in [0.15, 0.2) is 42.9 Å². The van der Waals surface area contributed by atoms with E-state index >= 15 is 0 Å². The van der Waals surface area contributed by atoms with E-state index in [0.29, 0.717) is 29.7 Å². The molecule has 0 saturated carbocycles. The second-order valence-corrected chi connectivity index (χ2v) is 6.86. The third-order valence-electron chi connectivity index (χ3n) is 5.18. The van der Waals surface area contributed by atoms with E-state index in [1.807, 2.05) is 12.1 Å². The number of pyridine rings is 1. The summed E-state index contributed by atoms with van der Waals surface area (Å²) in [5.41, 5.74) is 4.36. The van der Waals surface area contributed by atoms with Crippen LogP contribution in [-0.4, -0.2) is 43.6 Å². The summed E-state index contributed by atoms with van der Waals surface area (Å²) in [5, 5.41) is 2.31. The van der Waals surface area contributed by atoms with Gasteiger partial charge in [0.05, 0.1) is 11.2 Å². The number of aromatic nitrogens is 3. The number of benzene rings is 1. The van der Waals surface area contributed by atoms with E-state index in [1.54, 1.807) is 30.7 Å². The number of fused-ring (bicyclic) bond motifs is 2. The molecule has 3 amide bonds. The Balaban J connectivity index is 1.51. The Bertz CT molecular complexity index is 1150. The summed E-state index contributed by atoms with van der Waals surface area (Å²) in [5.74, 6) is -0.902. The summed E-state index contributed by atoms with van der Waals surface area (Å²) >= 11 is 0. The van der Waals surface area contributed by atoms with Crippen molar-refractivity contribution >= 4 is 28.8 Å². The van der Waals surface area contributed by atoms with Crippen molar-refractivity contribution in [3.63, 3.8) is 0 Å². The zero-order chi connectivity index (χ0) is 19.3. The Kier molecular flexibility index (Phi) is 3.65. The summed E-state index contributed by atoms with van der Waals surface area (Å²) in [4.78, 5) is 51.0. The number of nitrogens with zero attached hydrogens (tertiary/aromatic N) is 4. The molecule has 138 valence electrons. The lowest BCUT2D eigenvalue weighted by Crippen LogP contribution is -2.52. The van der Waals surface area contributed by atoms with Gasteiger partial charge in [-0.1, -0.05) is 6.07 Å². The van der Waals surface area contributed by atoms with Crippen molar-refractivity contribution in [2.45, 2.75) is 25.4 Å². The summed E-state index contributed by atoms with van der Waals surface area (Å²) in [6.07, 6.45) is 5.51. The number of hydrogen-bond acceptors (Lipinski definition) is 6. The normalized spacial score (nSPS) is 19.1. The molecule has 2 aromatic heterocycles. The number of piperidine rings is 1. The van der Waals surface area contributed by atoms with E-state index in [0.717, 1.165) is 16.6 Å². The highest BCUT2D eigenvalue weighted by Crippen LogP contribution is 2.32. The van der Waals surface area contributed by atoms with Crippen LogP contribution >= 0.6 is 0 Å². The predicted molar refractivity (Wildman–Crippen MR) is 98.8 cm³/mol. The fourth-order valence-electron chi connectivity index (χ4n) is 3.83. The minimum atomic E-state index is -0.623. The molecular formula is C20H15N5O3. The molecule has 1 saturated heterocycles.